The minimum atomic E-state index is -5.98. The van der Waals surface area contributed by atoms with Gasteiger partial charge in [0.25, 0.3) is 21.2 Å². The number of aliphatic hydroxyl groups excluding tert-OH is 5. The van der Waals surface area contributed by atoms with Gasteiger partial charge in [0.2, 0.25) is 5.95 Å². The van der Waals surface area contributed by atoms with Crippen LogP contribution in [0.5, 0.6) is 5.75 Å². The molecule has 4 heterocycles. The fraction of sp³-hybridized carbons (Fsp3) is 0.500. The van der Waals surface area contributed by atoms with Gasteiger partial charge in [-0.15, -0.1) is 0 Å². The molecular weight excluding hydrogens is 692 g/mol. The maximum atomic E-state index is 12.5. The summed E-state index contributed by atoms with van der Waals surface area (Å²) in [6.45, 7) is -0.271. The predicted molar refractivity (Wildman–Crippen MR) is 150 cm³/mol. The third-order valence-electron chi connectivity index (χ3n) is 7.24. The molecule has 1 aromatic carbocycles. The van der Waals surface area contributed by atoms with Gasteiger partial charge >= 0.3 is 0 Å². The third-order valence-corrected chi connectivity index (χ3v) is 9.77. The van der Waals surface area contributed by atoms with Gasteiger partial charge in [-0.3, -0.25) is 32.8 Å². The van der Waals surface area contributed by atoms with Crippen LogP contribution in [0.1, 0.15) is 23.5 Å². The monoisotopic (exact) mass is 721 g/mol. The van der Waals surface area contributed by atoms with Crippen LogP contribution in [0.3, 0.4) is 0 Å². The molecule has 11 unspecified atom stereocenters. The minimum absolute atomic E-state index is 0.141. The zero-order chi connectivity index (χ0) is 35.1. The summed E-state index contributed by atoms with van der Waals surface area (Å²) in [6.07, 6.45) is -15.5. The lowest BCUT2D eigenvalue weighted by Gasteiger charge is -2.42. The Morgan fingerprint density at radius 2 is 1.62 bits per heavy atom. The number of carbonyl (C=O) groups is 1. The zero-order valence-corrected chi connectivity index (χ0v) is 26.2. The van der Waals surface area contributed by atoms with E-state index in [0.717, 1.165) is 10.9 Å². The second-order valence-electron chi connectivity index (χ2n) is 10.6. The first kappa shape index (κ1) is 36.1. The molecule has 8 N–H and O–H groups in total. The summed E-state index contributed by atoms with van der Waals surface area (Å²) >= 11 is 0. The summed E-state index contributed by atoms with van der Waals surface area (Å²) in [7, 11) is -11.8. The van der Waals surface area contributed by atoms with Crippen LogP contribution in [0.2, 0.25) is 0 Å². The molecule has 2 saturated heterocycles. The fourth-order valence-electron chi connectivity index (χ4n) is 4.79. The molecular formula is C24H29N5O17P2-2. The highest BCUT2D eigenvalue weighted by Gasteiger charge is 2.47. The molecule has 2 aliphatic rings. The van der Waals surface area contributed by atoms with Crippen LogP contribution >= 0.6 is 15.6 Å². The number of nitrogen functional groups attached to an aromatic ring is 1. The van der Waals surface area contributed by atoms with Crippen molar-refractivity contribution in [2.24, 2.45) is 0 Å². The van der Waals surface area contributed by atoms with Crippen LogP contribution in [-0.4, -0.2) is 113 Å². The van der Waals surface area contributed by atoms with Gasteiger partial charge in [0.15, 0.2) is 29.5 Å². The average Bonchev–Trinajstić information content (AvgIpc) is 3.55. The number of fused-ring (bicyclic) bond motifs is 1. The maximum Gasteiger partial charge on any atom is 0.280 e. The molecule has 48 heavy (non-hydrogen) atoms. The molecule has 264 valence electrons. The summed E-state index contributed by atoms with van der Waals surface area (Å²) in [5, 5.41) is 51.7. The topological polar surface area (TPSA) is 343 Å². The van der Waals surface area contributed by atoms with E-state index in [0.29, 0.717) is 5.56 Å². The number of carbonyl (C=O) groups excluding carboxylic acids is 1. The Bertz CT molecular complexity index is 1790. The first-order valence-electron chi connectivity index (χ1n) is 13.8. The molecule has 3 aromatic rings. The van der Waals surface area contributed by atoms with Gasteiger partial charge in [-0.05, 0) is 31.2 Å². The van der Waals surface area contributed by atoms with Gasteiger partial charge in [0.1, 0.15) is 55.1 Å². The van der Waals surface area contributed by atoms with Crippen LogP contribution in [0.25, 0.3) is 11.2 Å². The lowest BCUT2D eigenvalue weighted by atomic mass is 9.99. The molecule has 2 aliphatic heterocycles. The summed E-state index contributed by atoms with van der Waals surface area (Å²) in [5.41, 5.74) is 4.88. The summed E-state index contributed by atoms with van der Waals surface area (Å²) in [6, 6.07) is 5.74. The molecule has 5 rings (SSSR count). The Kier molecular flexibility index (Phi) is 10.5. The highest BCUT2D eigenvalue weighted by molar-refractivity contribution is 7.59. The quantitative estimate of drug-likeness (QED) is 0.0701. The van der Waals surface area contributed by atoms with E-state index in [2.05, 4.69) is 28.3 Å². The number of aromatic amines is 1. The number of phosphoric ester groups is 2. The van der Waals surface area contributed by atoms with E-state index < -0.39 is 89.7 Å². The van der Waals surface area contributed by atoms with Crippen molar-refractivity contribution >= 4 is 38.5 Å². The number of anilines is 1. The van der Waals surface area contributed by atoms with Gasteiger partial charge in [0.05, 0.1) is 12.9 Å². The number of ketones is 1. The van der Waals surface area contributed by atoms with E-state index in [1.54, 1.807) is 0 Å². The molecule has 0 aliphatic carbocycles. The molecule has 11 atom stereocenters. The van der Waals surface area contributed by atoms with Gasteiger partial charge in [-0.25, -0.2) is 9.29 Å². The SMILES string of the molecule is CC(=O)c1ccc(OCC2OC(OP(=O)([O-])OP(=O)([O-])OCC3OC(n4cnc5c(=O)[nH]c(N)nc54)C(O)C3O)C(O)C(O)C2O)cc1. The van der Waals surface area contributed by atoms with Crippen LogP contribution in [-0.2, 0) is 32.0 Å². The van der Waals surface area contributed by atoms with Crippen molar-refractivity contribution in [3.63, 3.8) is 0 Å². The highest BCUT2D eigenvalue weighted by Crippen LogP contribution is 2.57. The van der Waals surface area contributed by atoms with E-state index in [1.165, 1.54) is 31.2 Å². The smallest absolute Gasteiger partial charge is 0.280 e. The Labute approximate surface area is 268 Å². The molecule has 0 radical (unpaired) electrons. The number of hydrogen-bond acceptors (Lipinski definition) is 20. The number of hydrogen-bond donors (Lipinski definition) is 7. The summed E-state index contributed by atoms with van der Waals surface area (Å²) < 4.78 is 55.1. The zero-order valence-electron chi connectivity index (χ0n) is 24.4. The lowest BCUT2D eigenvalue weighted by Crippen LogP contribution is -2.59. The molecule has 22 nitrogen and oxygen atoms in total. The van der Waals surface area contributed by atoms with Crippen molar-refractivity contribution < 1.29 is 76.8 Å². The molecule has 0 spiro atoms. The van der Waals surface area contributed by atoms with Crippen LogP contribution in [0.4, 0.5) is 5.95 Å². The van der Waals surface area contributed by atoms with Crippen molar-refractivity contribution in [1.29, 1.82) is 0 Å². The van der Waals surface area contributed by atoms with E-state index in [-0.39, 0.29) is 28.6 Å². The number of nitrogens with zero attached hydrogens (tertiary/aromatic N) is 3. The molecule has 0 amide bonds. The Morgan fingerprint density at radius 1 is 0.979 bits per heavy atom. The van der Waals surface area contributed by atoms with Crippen LogP contribution in [0, 0.1) is 0 Å². The van der Waals surface area contributed by atoms with E-state index in [1.807, 2.05) is 0 Å². The lowest BCUT2D eigenvalue weighted by molar-refractivity contribution is -0.304. The standard InChI is InChI=1S/C24H31N5O17P2/c1-9(30)10-2-4-11(5-3-10)41-6-12-15(31)17(33)19(35)23(44-12)45-48(39,40)46-47(37,38)42-7-13-16(32)18(34)22(43-13)29-8-26-14-20(29)27-24(25)28-21(14)36/h2-5,8,12-13,15-19,22-23,31-35H,6-7H2,1H3,(H,37,38)(H,39,40)(H3,25,27,28,36)/p-2. The molecule has 2 aromatic heterocycles. The molecule has 0 bridgehead atoms. The first-order valence-corrected chi connectivity index (χ1v) is 16.7. The Hall–Kier alpha value is -3.18. The maximum absolute atomic E-state index is 12.5. The number of benzene rings is 1. The normalized spacial score (nSPS) is 31.7. The van der Waals surface area contributed by atoms with Gasteiger partial charge in [-0.1, -0.05) is 0 Å². The fourth-order valence-corrected chi connectivity index (χ4v) is 6.87. The number of aromatic nitrogens is 4. The number of imidazole rings is 1. The number of nitrogens with two attached hydrogens (primary N) is 1. The second kappa shape index (κ2) is 14.0. The van der Waals surface area contributed by atoms with Crippen molar-refractivity contribution in [1.82, 2.24) is 19.5 Å². The molecule has 0 saturated carbocycles. The van der Waals surface area contributed by atoms with Crippen molar-refractivity contribution in [2.45, 2.75) is 62.2 Å². The van der Waals surface area contributed by atoms with Crippen LogP contribution < -0.4 is 25.8 Å². The van der Waals surface area contributed by atoms with Crippen molar-refractivity contribution in [2.75, 3.05) is 18.9 Å². The number of H-pyrrole nitrogens is 1. The van der Waals surface area contributed by atoms with E-state index in [4.69, 9.17) is 19.9 Å². The number of nitrogens with one attached hydrogen (secondary N) is 1. The highest BCUT2D eigenvalue weighted by atomic mass is 31.3. The largest absolute Gasteiger partial charge is 0.756 e. The van der Waals surface area contributed by atoms with Crippen molar-refractivity contribution in [3.8, 4) is 5.75 Å². The summed E-state index contributed by atoms with van der Waals surface area (Å²) in [4.78, 5) is 58.3. The number of rotatable bonds is 12. The summed E-state index contributed by atoms with van der Waals surface area (Å²) in [5.74, 6) is -0.308. The van der Waals surface area contributed by atoms with Crippen molar-refractivity contribution in [3.05, 3.63) is 46.5 Å². The minimum Gasteiger partial charge on any atom is -0.756 e. The third kappa shape index (κ3) is 7.83. The van der Waals surface area contributed by atoms with E-state index in [9.17, 15) is 54.0 Å². The van der Waals surface area contributed by atoms with Gasteiger partial charge < -0.3 is 59.8 Å². The molecule has 24 heteroatoms. The predicted octanol–water partition coefficient (Wildman–Crippen LogP) is -3.60. The number of ether oxygens (including phenoxy) is 3. The van der Waals surface area contributed by atoms with Crippen LogP contribution in [0.15, 0.2) is 35.4 Å². The Balaban J connectivity index is 1.18. The van der Waals surface area contributed by atoms with Gasteiger partial charge in [0, 0.05) is 5.56 Å². The first-order chi connectivity index (χ1) is 22.5. The number of aliphatic hydroxyl groups is 5. The average molecular weight is 721 g/mol. The molecule has 2 fully saturated rings. The Morgan fingerprint density at radius 3 is 2.29 bits per heavy atom. The number of phosphoric acid groups is 2. The van der Waals surface area contributed by atoms with E-state index >= 15 is 0 Å². The van der Waals surface area contributed by atoms with Gasteiger partial charge in [-0.2, -0.15) is 4.98 Å². The number of Topliss-reactive ketones (excluding diaryl/α,β-unsaturated/α-hetero) is 1. The second-order valence-corrected chi connectivity index (χ2v) is 13.5.